The number of hydrogen-bond donors (Lipinski definition) is 2. The Morgan fingerprint density at radius 3 is 2.33 bits per heavy atom. The second-order valence-electron chi connectivity index (χ2n) is 7.26. The van der Waals surface area contributed by atoms with E-state index in [1.54, 1.807) is 24.3 Å². The minimum Gasteiger partial charge on any atom is -0.491 e. The van der Waals surface area contributed by atoms with Crippen LogP contribution in [-0.4, -0.2) is 61.3 Å². The fourth-order valence-corrected chi connectivity index (χ4v) is 3.45. The highest BCUT2D eigenvalue weighted by Gasteiger charge is 2.18. The molecule has 1 aliphatic rings. The van der Waals surface area contributed by atoms with E-state index in [2.05, 4.69) is 27.2 Å². The van der Waals surface area contributed by atoms with Gasteiger partial charge in [0.05, 0.1) is 6.10 Å². The summed E-state index contributed by atoms with van der Waals surface area (Å²) < 4.78 is 5.65. The van der Waals surface area contributed by atoms with Gasteiger partial charge < -0.3 is 20.1 Å². The molecule has 0 radical (unpaired) electrons. The maximum absolute atomic E-state index is 11.0. The van der Waals surface area contributed by atoms with Gasteiger partial charge in [0.15, 0.2) is 0 Å². The Morgan fingerprint density at radius 2 is 1.73 bits per heavy atom. The molecule has 0 spiro atoms. The maximum Gasteiger partial charge on any atom is 0.221 e. The van der Waals surface area contributed by atoms with Gasteiger partial charge in [-0.05, 0) is 55.0 Å². The van der Waals surface area contributed by atoms with Crippen molar-refractivity contribution in [1.29, 1.82) is 0 Å². The van der Waals surface area contributed by atoms with Gasteiger partial charge in [-0.3, -0.25) is 9.69 Å². The molecular weight excluding hydrogens is 425 g/mol. The zero-order valence-electron chi connectivity index (χ0n) is 17.1. The largest absolute Gasteiger partial charge is 0.491 e. The Kier molecular flexibility index (Phi) is 9.72. The van der Waals surface area contributed by atoms with E-state index in [4.69, 9.17) is 16.3 Å². The number of halogens is 2. The van der Waals surface area contributed by atoms with E-state index >= 15 is 0 Å². The Balaban J connectivity index is 0.00000320. The summed E-state index contributed by atoms with van der Waals surface area (Å²) in [6, 6.07) is 15.1. The molecule has 2 N–H and O–H groups in total. The Morgan fingerprint density at radius 1 is 1.10 bits per heavy atom. The Hall–Kier alpha value is -1.99. The number of amides is 1. The molecule has 1 saturated heterocycles. The maximum atomic E-state index is 11.0. The van der Waals surface area contributed by atoms with Crippen molar-refractivity contribution in [2.24, 2.45) is 0 Å². The summed E-state index contributed by atoms with van der Waals surface area (Å²) in [5, 5.41) is 13.7. The quantitative estimate of drug-likeness (QED) is 0.638. The van der Waals surface area contributed by atoms with Gasteiger partial charge in [0, 0.05) is 56.0 Å². The average Bonchev–Trinajstić information content (AvgIpc) is 2.72. The van der Waals surface area contributed by atoms with Gasteiger partial charge in [0.2, 0.25) is 5.91 Å². The van der Waals surface area contributed by atoms with E-state index in [1.165, 1.54) is 12.6 Å². The number of nitrogens with one attached hydrogen (secondary N) is 1. The summed E-state index contributed by atoms with van der Waals surface area (Å²) in [5.41, 5.74) is 1.93. The summed E-state index contributed by atoms with van der Waals surface area (Å²) >= 11 is 5.96. The van der Waals surface area contributed by atoms with Crippen molar-refractivity contribution in [2.75, 3.05) is 49.5 Å². The lowest BCUT2D eigenvalue weighted by Crippen LogP contribution is -2.47. The molecule has 0 bridgehead atoms. The van der Waals surface area contributed by atoms with Crippen LogP contribution in [0.3, 0.4) is 0 Å². The molecule has 2 aromatic carbocycles. The minimum absolute atomic E-state index is 0. The van der Waals surface area contributed by atoms with E-state index in [0.717, 1.165) is 43.4 Å². The van der Waals surface area contributed by atoms with Crippen LogP contribution in [0.25, 0.3) is 0 Å². The first-order valence-electron chi connectivity index (χ1n) is 9.91. The molecule has 8 heteroatoms. The highest BCUT2D eigenvalue weighted by atomic mass is 35.5. The van der Waals surface area contributed by atoms with Crippen molar-refractivity contribution in [1.82, 2.24) is 4.90 Å². The van der Waals surface area contributed by atoms with E-state index in [-0.39, 0.29) is 24.9 Å². The van der Waals surface area contributed by atoms with Crippen molar-refractivity contribution < 1.29 is 14.6 Å². The topological polar surface area (TPSA) is 65.0 Å². The first-order valence-corrected chi connectivity index (χ1v) is 10.3. The molecule has 0 aliphatic carbocycles. The highest BCUT2D eigenvalue weighted by molar-refractivity contribution is 6.30. The number of rotatable bonds is 8. The number of anilines is 2. The molecule has 3 rings (SSSR count). The fraction of sp³-hybridized carbons (Fsp3) is 0.409. The molecule has 1 fully saturated rings. The van der Waals surface area contributed by atoms with Crippen LogP contribution in [0.5, 0.6) is 5.75 Å². The first-order chi connectivity index (χ1) is 14.0. The van der Waals surface area contributed by atoms with Crippen LogP contribution in [0, 0.1) is 0 Å². The molecule has 0 saturated carbocycles. The van der Waals surface area contributed by atoms with Gasteiger partial charge in [-0.15, -0.1) is 12.4 Å². The van der Waals surface area contributed by atoms with Gasteiger partial charge in [-0.25, -0.2) is 0 Å². The molecule has 1 amide bonds. The molecule has 30 heavy (non-hydrogen) atoms. The predicted molar refractivity (Wildman–Crippen MR) is 124 cm³/mol. The zero-order valence-corrected chi connectivity index (χ0v) is 18.7. The summed E-state index contributed by atoms with van der Waals surface area (Å²) in [5.74, 6) is 0.567. The van der Waals surface area contributed by atoms with Gasteiger partial charge in [0.25, 0.3) is 0 Å². The lowest BCUT2D eigenvalue weighted by Gasteiger charge is -2.36. The summed E-state index contributed by atoms with van der Waals surface area (Å²) in [6.45, 7) is 6.45. The smallest absolute Gasteiger partial charge is 0.221 e. The molecule has 2 aromatic rings. The molecule has 1 aliphatic heterocycles. The third-order valence-corrected chi connectivity index (χ3v) is 5.21. The number of carbonyl (C=O) groups is 1. The van der Waals surface area contributed by atoms with Gasteiger partial charge >= 0.3 is 0 Å². The van der Waals surface area contributed by atoms with Crippen LogP contribution in [0.4, 0.5) is 11.4 Å². The third kappa shape index (κ3) is 7.69. The van der Waals surface area contributed by atoms with Crippen molar-refractivity contribution in [3.8, 4) is 5.75 Å². The van der Waals surface area contributed by atoms with Crippen LogP contribution in [-0.2, 0) is 4.79 Å². The summed E-state index contributed by atoms with van der Waals surface area (Å²) in [6.07, 6.45) is 0.157. The number of hydrogen-bond acceptors (Lipinski definition) is 5. The molecule has 1 heterocycles. The number of ether oxygens (including phenoxy) is 1. The predicted octanol–water partition coefficient (Wildman–Crippen LogP) is 3.67. The van der Waals surface area contributed by atoms with Crippen molar-refractivity contribution in [3.63, 3.8) is 0 Å². The first kappa shape index (κ1) is 24.3. The van der Waals surface area contributed by atoms with Crippen LogP contribution in [0.2, 0.25) is 5.02 Å². The van der Waals surface area contributed by atoms with Crippen molar-refractivity contribution in [3.05, 3.63) is 53.6 Å². The van der Waals surface area contributed by atoms with Crippen LogP contribution >= 0.6 is 24.0 Å². The number of carbonyl (C=O) groups excluding carboxylic acids is 1. The summed E-state index contributed by atoms with van der Waals surface area (Å²) in [4.78, 5) is 15.8. The second-order valence-corrected chi connectivity index (χ2v) is 7.70. The standard InChI is InChI=1S/C22H28ClN3O3.ClH/c1-17(27)24-19-4-8-22(9-5-19)29-16-21(28)10-11-25-12-14-26(15-13-25)20-6-2-18(23)3-7-20;/h2-9,21,28H,10-16H2,1H3,(H,24,27);1H. The van der Waals surface area contributed by atoms with E-state index in [9.17, 15) is 9.90 Å². The molecule has 164 valence electrons. The van der Waals surface area contributed by atoms with E-state index in [1.807, 2.05) is 12.1 Å². The van der Waals surface area contributed by atoms with Crippen LogP contribution < -0.4 is 15.0 Å². The van der Waals surface area contributed by atoms with E-state index in [0.29, 0.717) is 12.2 Å². The van der Waals surface area contributed by atoms with E-state index < -0.39 is 6.10 Å². The lowest BCUT2D eigenvalue weighted by molar-refractivity contribution is -0.114. The number of piperazine rings is 1. The van der Waals surface area contributed by atoms with Gasteiger partial charge in [-0.1, -0.05) is 11.6 Å². The lowest BCUT2D eigenvalue weighted by atomic mass is 10.2. The minimum atomic E-state index is -0.515. The fourth-order valence-electron chi connectivity index (χ4n) is 3.33. The number of nitrogens with zero attached hydrogens (tertiary/aromatic N) is 2. The van der Waals surface area contributed by atoms with Gasteiger partial charge in [-0.2, -0.15) is 0 Å². The second kappa shape index (κ2) is 12.0. The normalized spacial score (nSPS) is 15.2. The SMILES string of the molecule is CC(=O)Nc1ccc(OCC(O)CCN2CCN(c3ccc(Cl)cc3)CC2)cc1.Cl. The summed E-state index contributed by atoms with van der Waals surface area (Å²) in [7, 11) is 0. The highest BCUT2D eigenvalue weighted by Crippen LogP contribution is 2.20. The molecule has 1 atom stereocenters. The van der Waals surface area contributed by atoms with Crippen molar-refractivity contribution in [2.45, 2.75) is 19.4 Å². The van der Waals surface area contributed by atoms with Crippen LogP contribution in [0.1, 0.15) is 13.3 Å². The monoisotopic (exact) mass is 453 g/mol. The van der Waals surface area contributed by atoms with Gasteiger partial charge in [0.1, 0.15) is 12.4 Å². The third-order valence-electron chi connectivity index (χ3n) is 4.96. The Labute approximate surface area is 189 Å². The molecular formula is C22H29Cl2N3O3. The van der Waals surface area contributed by atoms with Crippen LogP contribution in [0.15, 0.2) is 48.5 Å². The molecule has 6 nitrogen and oxygen atoms in total. The zero-order chi connectivity index (χ0) is 20.6. The molecule has 1 unspecified atom stereocenters. The van der Waals surface area contributed by atoms with Crippen molar-refractivity contribution >= 4 is 41.3 Å². The Bertz CT molecular complexity index is 779. The molecule has 0 aromatic heterocycles. The number of aliphatic hydroxyl groups excluding tert-OH is 1. The number of benzene rings is 2. The average molecular weight is 454 g/mol. The number of aliphatic hydroxyl groups is 1.